The third-order valence-corrected chi connectivity index (χ3v) is 2.09. The molecule has 0 amide bonds. The zero-order valence-electron chi connectivity index (χ0n) is 7.68. The minimum absolute atomic E-state index is 0.0644. The molecule has 0 aromatic heterocycles. The van der Waals surface area contributed by atoms with Crippen LogP contribution in [0.5, 0.6) is 0 Å². The first-order valence-corrected chi connectivity index (χ1v) is 4.38. The fourth-order valence-corrected chi connectivity index (χ4v) is 1.38. The van der Waals surface area contributed by atoms with E-state index in [1.165, 1.54) is 30.3 Å². The molecule has 0 fully saturated rings. The molecule has 0 heterocycles. The fraction of sp³-hybridized carbons (Fsp3) is 0. The van der Waals surface area contributed by atoms with E-state index in [2.05, 4.69) is 0 Å². The van der Waals surface area contributed by atoms with E-state index in [1.54, 1.807) is 0 Å². The normalized spacial score (nSPS) is 10.3. The van der Waals surface area contributed by atoms with E-state index in [0.29, 0.717) is 5.56 Å². The van der Waals surface area contributed by atoms with Crippen molar-refractivity contribution in [3.8, 4) is 11.1 Å². The molecule has 0 unspecified atom stereocenters. The van der Waals surface area contributed by atoms with E-state index in [1.807, 2.05) is 0 Å². The Morgan fingerprint density at radius 3 is 2.27 bits per heavy atom. The van der Waals surface area contributed by atoms with Crippen LogP contribution in [0.1, 0.15) is 0 Å². The van der Waals surface area contributed by atoms with Crippen LogP contribution >= 0.6 is 0 Å². The van der Waals surface area contributed by atoms with Crippen molar-refractivity contribution in [3.05, 3.63) is 59.9 Å². The largest absolute Gasteiger partial charge is 0.207 e. The molecule has 2 aromatic rings. The van der Waals surface area contributed by atoms with Crippen LogP contribution in [-0.2, 0) is 0 Å². The SMILES string of the molecule is Fc1cccc(-c2cccc(F)c2F)c1. The van der Waals surface area contributed by atoms with E-state index in [4.69, 9.17) is 0 Å². The van der Waals surface area contributed by atoms with Crippen LogP contribution in [0, 0.1) is 17.5 Å². The molecule has 0 atom stereocenters. The van der Waals surface area contributed by atoms with Crippen molar-refractivity contribution in [2.45, 2.75) is 0 Å². The van der Waals surface area contributed by atoms with Gasteiger partial charge in [-0.05, 0) is 23.8 Å². The molecule has 0 nitrogen and oxygen atoms in total. The van der Waals surface area contributed by atoms with Crippen LogP contribution in [0.4, 0.5) is 13.2 Å². The highest BCUT2D eigenvalue weighted by Crippen LogP contribution is 2.24. The summed E-state index contributed by atoms with van der Waals surface area (Å²) in [5.41, 5.74) is 0.390. The highest BCUT2D eigenvalue weighted by atomic mass is 19.2. The Hall–Kier alpha value is -1.77. The Kier molecular flexibility index (Phi) is 2.46. The minimum atomic E-state index is -0.955. The van der Waals surface area contributed by atoms with Gasteiger partial charge in [-0.15, -0.1) is 0 Å². The van der Waals surface area contributed by atoms with Gasteiger partial charge in [0.1, 0.15) is 5.82 Å². The summed E-state index contributed by atoms with van der Waals surface area (Å²) < 4.78 is 39.1. The lowest BCUT2D eigenvalue weighted by Gasteiger charge is -2.03. The predicted molar refractivity (Wildman–Crippen MR) is 51.8 cm³/mol. The van der Waals surface area contributed by atoms with Crippen molar-refractivity contribution < 1.29 is 13.2 Å². The average Bonchev–Trinajstić information content (AvgIpc) is 2.22. The molecule has 0 saturated carbocycles. The highest BCUT2D eigenvalue weighted by Gasteiger charge is 2.09. The molecule has 0 bridgehead atoms. The van der Waals surface area contributed by atoms with Gasteiger partial charge >= 0.3 is 0 Å². The van der Waals surface area contributed by atoms with Crippen LogP contribution in [0.2, 0.25) is 0 Å². The van der Waals surface area contributed by atoms with Crippen molar-refractivity contribution in [3.63, 3.8) is 0 Å². The average molecular weight is 208 g/mol. The Labute approximate surface area is 85.0 Å². The van der Waals surface area contributed by atoms with Crippen LogP contribution in [-0.4, -0.2) is 0 Å². The van der Waals surface area contributed by atoms with Gasteiger partial charge in [-0.3, -0.25) is 0 Å². The number of benzene rings is 2. The lowest BCUT2D eigenvalue weighted by Crippen LogP contribution is -1.89. The monoisotopic (exact) mass is 208 g/mol. The van der Waals surface area contributed by atoms with Gasteiger partial charge in [-0.2, -0.15) is 0 Å². The second-order valence-electron chi connectivity index (χ2n) is 3.11. The summed E-state index contributed by atoms with van der Waals surface area (Å²) in [4.78, 5) is 0. The van der Waals surface area contributed by atoms with E-state index in [0.717, 1.165) is 12.1 Å². The van der Waals surface area contributed by atoms with E-state index >= 15 is 0 Å². The van der Waals surface area contributed by atoms with Crippen LogP contribution < -0.4 is 0 Å². The highest BCUT2D eigenvalue weighted by molar-refractivity contribution is 5.64. The third-order valence-electron chi connectivity index (χ3n) is 2.09. The van der Waals surface area contributed by atoms with Crippen LogP contribution in [0.3, 0.4) is 0 Å². The Balaban J connectivity index is 2.59. The smallest absolute Gasteiger partial charge is 0.166 e. The first kappa shape index (κ1) is 9.77. The van der Waals surface area contributed by atoms with Crippen molar-refractivity contribution in [1.82, 2.24) is 0 Å². The maximum Gasteiger partial charge on any atom is 0.166 e. The molecule has 2 rings (SSSR count). The molecular formula is C12H7F3. The number of hydrogen-bond donors (Lipinski definition) is 0. The summed E-state index contributed by atoms with van der Waals surface area (Å²) in [5, 5.41) is 0. The lowest BCUT2D eigenvalue weighted by molar-refractivity contribution is 0.511. The first-order chi connectivity index (χ1) is 7.18. The van der Waals surface area contributed by atoms with Gasteiger partial charge in [0.25, 0.3) is 0 Å². The van der Waals surface area contributed by atoms with Crippen LogP contribution in [0.25, 0.3) is 11.1 Å². The summed E-state index contributed by atoms with van der Waals surface area (Å²) in [6.07, 6.45) is 0. The summed E-state index contributed by atoms with van der Waals surface area (Å²) in [7, 11) is 0. The molecule has 15 heavy (non-hydrogen) atoms. The van der Waals surface area contributed by atoms with Crippen molar-refractivity contribution in [1.29, 1.82) is 0 Å². The zero-order chi connectivity index (χ0) is 10.8. The molecule has 0 aliphatic rings. The molecule has 0 radical (unpaired) electrons. The maximum atomic E-state index is 13.3. The van der Waals surface area contributed by atoms with Crippen molar-refractivity contribution in [2.24, 2.45) is 0 Å². The molecule has 76 valence electrons. The second-order valence-corrected chi connectivity index (χ2v) is 3.11. The number of hydrogen-bond acceptors (Lipinski definition) is 0. The van der Waals surface area contributed by atoms with Crippen molar-refractivity contribution in [2.75, 3.05) is 0 Å². The van der Waals surface area contributed by atoms with Gasteiger partial charge in [0.2, 0.25) is 0 Å². The van der Waals surface area contributed by atoms with Gasteiger partial charge in [0.15, 0.2) is 11.6 Å². The molecule has 0 spiro atoms. The van der Waals surface area contributed by atoms with E-state index in [9.17, 15) is 13.2 Å². The van der Waals surface area contributed by atoms with Gasteiger partial charge in [-0.1, -0.05) is 24.3 Å². The maximum absolute atomic E-state index is 13.3. The minimum Gasteiger partial charge on any atom is -0.207 e. The Morgan fingerprint density at radius 1 is 0.800 bits per heavy atom. The molecule has 0 aliphatic heterocycles. The third kappa shape index (κ3) is 1.86. The second kappa shape index (κ2) is 3.77. The quantitative estimate of drug-likeness (QED) is 0.669. The predicted octanol–water partition coefficient (Wildman–Crippen LogP) is 3.77. The molecule has 0 aliphatic carbocycles. The molecule has 2 aromatic carbocycles. The summed E-state index contributed by atoms with van der Waals surface area (Å²) in [5.74, 6) is -2.36. The van der Waals surface area contributed by atoms with E-state index in [-0.39, 0.29) is 5.56 Å². The van der Waals surface area contributed by atoms with Crippen molar-refractivity contribution >= 4 is 0 Å². The number of rotatable bonds is 1. The van der Waals surface area contributed by atoms with Gasteiger partial charge in [0, 0.05) is 5.56 Å². The Morgan fingerprint density at radius 2 is 1.53 bits per heavy atom. The molecule has 0 saturated heterocycles. The summed E-state index contributed by atoms with van der Waals surface area (Å²) >= 11 is 0. The van der Waals surface area contributed by atoms with E-state index < -0.39 is 17.5 Å². The molecule has 0 N–H and O–H groups in total. The lowest BCUT2D eigenvalue weighted by atomic mass is 10.1. The van der Waals surface area contributed by atoms with Gasteiger partial charge in [-0.25, -0.2) is 13.2 Å². The molecule has 3 heteroatoms. The summed E-state index contributed by atoms with van der Waals surface area (Å²) in [6, 6.07) is 9.22. The standard InChI is InChI=1S/C12H7F3/c13-9-4-1-3-8(7-9)10-5-2-6-11(14)12(10)15/h1-7H. The number of halogens is 3. The zero-order valence-corrected chi connectivity index (χ0v) is 7.68. The first-order valence-electron chi connectivity index (χ1n) is 4.38. The van der Waals surface area contributed by atoms with Gasteiger partial charge < -0.3 is 0 Å². The Bertz CT molecular complexity index is 492. The van der Waals surface area contributed by atoms with Gasteiger partial charge in [0.05, 0.1) is 0 Å². The van der Waals surface area contributed by atoms with Crippen LogP contribution in [0.15, 0.2) is 42.5 Å². The summed E-state index contributed by atoms with van der Waals surface area (Å²) in [6.45, 7) is 0. The molecular weight excluding hydrogens is 201 g/mol. The topological polar surface area (TPSA) is 0 Å². The fourth-order valence-electron chi connectivity index (χ4n) is 1.38.